The largest absolute Gasteiger partial charge is 0.489 e. The number of halogens is 1. The molecule has 3 rings (SSSR count). The zero-order chi connectivity index (χ0) is 15.1. The van der Waals surface area contributed by atoms with Gasteiger partial charge in [-0.05, 0) is 26.0 Å². The number of pyridine rings is 1. The van der Waals surface area contributed by atoms with E-state index in [4.69, 9.17) is 9.47 Å². The molecule has 0 spiro atoms. The summed E-state index contributed by atoms with van der Waals surface area (Å²) in [5.41, 5.74) is -0.447. The van der Waals surface area contributed by atoms with Crippen LogP contribution < -0.4 is 10.2 Å². The molecule has 2 heterocycles. The van der Waals surface area contributed by atoms with Crippen LogP contribution in [-0.4, -0.2) is 23.8 Å². The van der Waals surface area contributed by atoms with Crippen LogP contribution in [0.4, 0.5) is 4.39 Å². The summed E-state index contributed by atoms with van der Waals surface area (Å²) in [7, 11) is 0. The highest BCUT2D eigenvalue weighted by atomic mass is 19.1. The molecule has 1 aromatic carbocycles. The summed E-state index contributed by atoms with van der Waals surface area (Å²) in [6.45, 7) is 4.05. The Balaban J connectivity index is 2.40. The fraction of sp³-hybridized carbons (Fsp3) is 0.333. The third-order valence-electron chi connectivity index (χ3n) is 3.54. The number of rotatable bonds is 2. The second-order valence-electron chi connectivity index (χ2n) is 4.93. The standard InChI is InChI=1S/C15H14FNO4/c1-3-20-15(19)9-6-17-8(2)7-21-11-5-4-10(16)12(13(11)17)14(9)18/h4-6,8H,3,7H2,1-2H3. The molecule has 1 aliphatic heterocycles. The van der Waals surface area contributed by atoms with Crippen LogP contribution in [0.5, 0.6) is 5.75 Å². The van der Waals surface area contributed by atoms with Crippen molar-refractivity contribution in [1.29, 1.82) is 0 Å². The lowest BCUT2D eigenvalue weighted by atomic mass is 10.1. The average Bonchev–Trinajstić information content (AvgIpc) is 2.46. The molecule has 2 aromatic rings. The van der Waals surface area contributed by atoms with Crippen molar-refractivity contribution >= 4 is 16.9 Å². The van der Waals surface area contributed by atoms with E-state index >= 15 is 0 Å². The predicted octanol–water partition coefficient (Wildman–Crippen LogP) is 2.27. The van der Waals surface area contributed by atoms with E-state index in [-0.39, 0.29) is 23.6 Å². The maximum Gasteiger partial charge on any atom is 0.343 e. The molecular weight excluding hydrogens is 277 g/mol. The summed E-state index contributed by atoms with van der Waals surface area (Å²) in [5, 5.41) is -0.135. The quantitative estimate of drug-likeness (QED) is 0.796. The van der Waals surface area contributed by atoms with E-state index < -0.39 is 17.2 Å². The van der Waals surface area contributed by atoms with E-state index in [0.29, 0.717) is 17.9 Å². The molecule has 0 saturated heterocycles. The van der Waals surface area contributed by atoms with E-state index in [0.717, 1.165) is 0 Å². The van der Waals surface area contributed by atoms with E-state index in [2.05, 4.69) is 0 Å². The molecule has 0 fully saturated rings. The molecule has 1 unspecified atom stereocenters. The third kappa shape index (κ3) is 1.98. The van der Waals surface area contributed by atoms with Crippen molar-refractivity contribution in [2.75, 3.05) is 13.2 Å². The summed E-state index contributed by atoms with van der Waals surface area (Å²) >= 11 is 0. The number of ether oxygens (including phenoxy) is 2. The van der Waals surface area contributed by atoms with Gasteiger partial charge in [-0.2, -0.15) is 0 Å². The number of carbonyl (C=O) groups excluding carboxylic acids is 1. The Bertz CT molecular complexity index is 796. The molecule has 0 N–H and O–H groups in total. The molecule has 110 valence electrons. The highest BCUT2D eigenvalue weighted by molar-refractivity contribution is 5.95. The lowest BCUT2D eigenvalue weighted by Gasteiger charge is -2.26. The first-order valence-electron chi connectivity index (χ1n) is 6.71. The molecule has 1 aromatic heterocycles. The van der Waals surface area contributed by atoms with Gasteiger partial charge in [-0.3, -0.25) is 4.79 Å². The number of nitrogens with zero attached hydrogens (tertiary/aromatic N) is 1. The molecule has 0 radical (unpaired) electrons. The van der Waals surface area contributed by atoms with Crippen molar-refractivity contribution in [1.82, 2.24) is 4.57 Å². The minimum absolute atomic E-state index is 0.115. The van der Waals surface area contributed by atoms with Crippen molar-refractivity contribution in [2.45, 2.75) is 19.9 Å². The van der Waals surface area contributed by atoms with Crippen LogP contribution in [0, 0.1) is 5.82 Å². The van der Waals surface area contributed by atoms with Gasteiger partial charge in [0.05, 0.1) is 23.6 Å². The van der Waals surface area contributed by atoms with Crippen molar-refractivity contribution in [3.8, 4) is 5.75 Å². The molecule has 0 saturated carbocycles. The Morgan fingerprint density at radius 1 is 1.52 bits per heavy atom. The van der Waals surface area contributed by atoms with Gasteiger partial charge < -0.3 is 14.0 Å². The van der Waals surface area contributed by atoms with E-state index in [1.165, 1.54) is 18.3 Å². The molecule has 0 aliphatic carbocycles. The van der Waals surface area contributed by atoms with Gasteiger partial charge in [-0.1, -0.05) is 0 Å². The van der Waals surface area contributed by atoms with Crippen LogP contribution in [0.3, 0.4) is 0 Å². The normalized spacial score (nSPS) is 16.6. The highest BCUT2D eigenvalue weighted by Gasteiger charge is 2.26. The first-order valence-corrected chi connectivity index (χ1v) is 6.71. The maximum atomic E-state index is 14.1. The van der Waals surface area contributed by atoms with Gasteiger partial charge in [0, 0.05) is 6.20 Å². The van der Waals surface area contributed by atoms with Gasteiger partial charge in [0.25, 0.3) is 0 Å². The first-order chi connectivity index (χ1) is 10.0. The van der Waals surface area contributed by atoms with Crippen LogP contribution in [0.25, 0.3) is 10.9 Å². The first kappa shape index (κ1) is 13.6. The van der Waals surface area contributed by atoms with Crippen LogP contribution in [-0.2, 0) is 4.74 Å². The number of hydrogen-bond donors (Lipinski definition) is 0. The van der Waals surface area contributed by atoms with Gasteiger partial charge in [0.2, 0.25) is 5.43 Å². The monoisotopic (exact) mass is 291 g/mol. The predicted molar refractivity (Wildman–Crippen MR) is 74.3 cm³/mol. The van der Waals surface area contributed by atoms with Gasteiger partial charge >= 0.3 is 5.97 Å². The van der Waals surface area contributed by atoms with Crippen molar-refractivity contribution < 1.29 is 18.7 Å². The van der Waals surface area contributed by atoms with Crippen LogP contribution in [0.2, 0.25) is 0 Å². The van der Waals surface area contributed by atoms with E-state index in [1.54, 1.807) is 11.5 Å². The summed E-state index contributed by atoms with van der Waals surface area (Å²) in [6, 6.07) is 2.55. The molecule has 1 aliphatic rings. The zero-order valence-electron chi connectivity index (χ0n) is 11.7. The Morgan fingerprint density at radius 3 is 3.00 bits per heavy atom. The number of hydrogen-bond acceptors (Lipinski definition) is 4. The Hall–Kier alpha value is -2.37. The van der Waals surface area contributed by atoms with Gasteiger partial charge in [-0.25, -0.2) is 9.18 Å². The highest BCUT2D eigenvalue weighted by Crippen LogP contribution is 2.32. The Morgan fingerprint density at radius 2 is 2.29 bits per heavy atom. The van der Waals surface area contributed by atoms with Gasteiger partial charge in [-0.15, -0.1) is 0 Å². The van der Waals surface area contributed by atoms with Crippen LogP contribution in [0.1, 0.15) is 30.2 Å². The molecule has 21 heavy (non-hydrogen) atoms. The lowest BCUT2D eigenvalue weighted by molar-refractivity contribution is 0.0523. The van der Waals surface area contributed by atoms with Gasteiger partial charge in [0.1, 0.15) is 23.7 Å². The summed E-state index contributed by atoms with van der Waals surface area (Å²) in [5.74, 6) is -0.968. The number of carbonyl (C=O) groups is 1. The Kier molecular flexibility index (Phi) is 3.16. The SMILES string of the molecule is CCOC(=O)c1cn2c3c(ccc(F)c3c1=O)OCC2C. The van der Waals surface area contributed by atoms with E-state index in [9.17, 15) is 14.0 Å². The van der Waals surface area contributed by atoms with Crippen molar-refractivity contribution in [2.24, 2.45) is 0 Å². The molecule has 0 bridgehead atoms. The number of esters is 1. The number of aromatic nitrogens is 1. The average molecular weight is 291 g/mol. The van der Waals surface area contributed by atoms with Crippen molar-refractivity contribution in [3.05, 3.63) is 39.9 Å². The summed E-state index contributed by atoms with van der Waals surface area (Å²) in [6.07, 6.45) is 1.43. The second kappa shape index (κ2) is 4.87. The maximum absolute atomic E-state index is 14.1. The fourth-order valence-electron chi connectivity index (χ4n) is 2.53. The third-order valence-corrected chi connectivity index (χ3v) is 3.54. The molecular formula is C15H14FNO4. The second-order valence-corrected chi connectivity index (χ2v) is 4.93. The van der Waals surface area contributed by atoms with Crippen molar-refractivity contribution in [3.63, 3.8) is 0 Å². The van der Waals surface area contributed by atoms with Crippen LogP contribution in [0.15, 0.2) is 23.1 Å². The molecule has 6 heteroatoms. The molecule has 5 nitrogen and oxygen atoms in total. The minimum Gasteiger partial charge on any atom is -0.489 e. The zero-order valence-corrected chi connectivity index (χ0v) is 11.7. The van der Waals surface area contributed by atoms with E-state index in [1.807, 2.05) is 6.92 Å². The fourth-order valence-corrected chi connectivity index (χ4v) is 2.53. The summed E-state index contributed by atoms with van der Waals surface area (Å²) < 4.78 is 26.2. The summed E-state index contributed by atoms with van der Waals surface area (Å²) in [4.78, 5) is 24.3. The minimum atomic E-state index is -0.739. The Labute approximate surface area is 119 Å². The smallest absolute Gasteiger partial charge is 0.343 e. The molecule has 1 atom stereocenters. The van der Waals surface area contributed by atoms with Gasteiger partial charge in [0.15, 0.2) is 0 Å². The van der Waals surface area contributed by atoms with Crippen LogP contribution >= 0.6 is 0 Å². The lowest BCUT2D eigenvalue weighted by Crippen LogP contribution is -2.27. The molecule has 0 amide bonds. The topological polar surface area (TPSA) is 57.5 Å². The number of benzene rings is 1.